The van der Waals surface area contributed by atoms with Crippen molar-refractivity contribution in [2.75, 3.05) is 12.3 Å². The molecular formula is C15H16N2O3S. The Kier molecular flexibility index (Phi) is 5.90. The van der Waals surface area contributed by atoms with Crippen molar-refractivity contribution >= 4 is 23.6 Å². The number of hydrogen-bond donors (Lipinski definition) is 2. The van der Waals surface area contributed by atoms with Crippen molar-refractivity contribution in [1.29, 1.82) is 0 Å². The Morgan fingerprint density at radius 3 is 2.52 bits per heavy atom. The summed E-state index contributed by atoms with van der Waals surface area (Å²) < 4.78 is 5.09. The standard InChI is InChI=1S/C15H16N2O3S/c18-14(16-9-12-5-4-8-20-12)10-17-15(19)11-21-13-6-2-1-3-7-13/h1-8H,9-11H2,(H,16,18)(H,17,19). The van der Waals surface area contributed by atoms with Gasteiger partial charge in [-0.3, -0.25) is 9.59 Å². The molecule has 0 spiro atoms. The van der Waals surface area contributed by atoms with E-state index in [4.69, 9.17) is 4.42 Å². The summed E-state index contributed by atoms with van der Waals surface area (Å²) in [6.45, 7) is 0.287. The minimum absolute atomic E-state index is 0.0328. The van der Waals surface area contributed by atoms with Gasteiger partial charge < -0.3 is 15.1 Å². The molecule has 0 fully saturated rings. The molecule has 1 aromatic heterocycles. The molecule has 2 N–H and O–H groups in total. The smallest absolute Gasteiger partial charge is 0.239 e. The lowest BCUT2D eigenvalue weighted by atomic mass is 10.4. The highest BCUT2D eigenvalue weighted by Crippen LogP contribution is 2.15. The van der Waals surface area contributed by atoms with Gasteiger partial charge in [0.05, 0.1) is 25.1 Å². The summed E-state index contributed by atoms with van der Waals surface area (Å²) >= 11 is 1.43. The van der Waals surface area contributed by atoms with Crippen LogP contribution < -0.4 is 10.6 Å². The Morgan fingerprint density at radius 2 is 1.81 bits per heavy atom. The second-order valence-corrected chi connectivity index (χ2v) is 5.28. The molecule has 1 heterocycles. The Morgan fingerprint density at radius 1 is 1.00 bits per heavy atom. The first-order valence-electron chi connectivity index (χ1n) is 6.47. The zero-order chi connectivity index (χ0) is 14.9. The van der Waals surface area contributed by atoms with Crippen molar-refractivity contribution in [2.45, 2.75) is 11.4 Å². The maximum atomic E-state index is 11.6. The molecule has 6 heteroatoms. The van der Waals surface area contributed by atoms with Crippen LogP contribution in [0.4, 0.5) is 0 Å². The van der Waals surface area contributed by atoms with Gasteiger partial charge in [0.15, 0.2) is 0 Å². The van der Waals surface area contributed by atoms with Crippen molar-refractivity contribution in [3.63, 3.8) is 0 Å². The lowest BCUT2D eigenvalue weighted by Crippen LogP contribution is -2.37. The largest absolute Gasteiger partial charge is 0.467 e. The number of carbonyl (C=O) groups excluding carboxylic acids is 2. The van der Waals surface area contributed by atoms with Crippen molar-refractivity contribution in [1.82, 2.24) is 10.6 Å². The Balaban J connectivity index is 1.61. The summed E-state index contributed by atoms with van der Waals surface area (Å²) in [5.41, 5.74) is 0. The van der Waals surface area contributed by atoms with Gasteiger partial charge in [-0.15, -0.1) is 11.8 Å². The number of carbonyl (C=O) groups is 2. The summed E-state index contributed by atoms with van der Waals surface area (Å²) in [4.78, 5) is 24.2. The summed E-state index contributed by atoms with van der Waals surface area (Å²) in [6, 6.07) is 13.2. The van der Waals surface area contributed by atoms with Crippen molar-refractivity contribution in [3.05, 3.63) is 54.5 Å². The SMILES string of the molecule is O=C(CNC(=O)CSc1ccccc1)NCc1ccco1. The van der Waals surface area contributed by atoms with Crippen LogP contribution in [-0.4, -0.2) is 24.1 Å². The van der Waals surface area contributed by atoms with Gasteiger partial charge in [-0.05, 0) is 24.3 Å². The van der Waals surface area contributed by atoms with E-state index in [1.54, 1.807) is 18.4 Å². The third-order valence-electron chi connectivity index (χ3n) is 2.60. The summed E-state index contributed by atoms with van der Waals surface area (Å²) in [5.74, 6) is 0.547. The fourth-order valence-electron chi connectivity index (χ4n) is 1.56. The minimum Gasteiger partial charge on any atom is -0.467 e. The molecule has 21 heavy (non-hydrogen) atoms. The normalized spacial score (nSPS) is 10.1. The van der Waals surface area contributed by atoms with Gasteiger partial charge in [-0.2, -0.15) is 0 Å². The molecule has 1 aromatic carbocycles. The molecule has 0 atom stereocenters. The first-order chi connectivity index (χ1) is 10.2. The van der Waals surface area contributed by atoms with Gasteiger partial charge in [-0.1, -0.05) is 18.2 Å². The van der Waals surface area contributed by atoms with Crippen LogP contribution in [0.25, 0.3) is 0 Å². The first-order valence-corrected chi connectivity index (χ1v) is 7.46. The summed E-state index contributed by atoms with van der Waals surface area (Å²) in [5, 5.41) is 5.24. The average molecular weight is 304 g/mol. The summed E-state index contributed by atoms with van der Waals surface area (Å²) in [6.07, 6.45) is 1.55. The van der Waals surface area contributed by atoms with E-state index in [1.165, 1.54) is 11.8 Å². The molecule has 0 bridgehead atoms. The Bertz CT molecular complexity index is 570. The topological polar surface area (TPSA) is 71.3 Å². The third-order valence-corrected chi connectivity index (χ3v) is 3.61. The van der Waals surface area contributed by atoms with E-state index < -0.39 is 0 Å². The number of nitrogens with one attached hydrogen (secondary N) is 2. The van der Waals surface area contributed by atoms with E-state index in [2.05, 4.69) is 10.6 Å². The lowest BCUT2D eigenvalue weighted by molar-refractivity contribution is -0.124. The Hall–Kier alpha value is -2.21. The van der Waals surface area contributed by atoms with E-state index in [1.807, 2.05) is 30.3 Å². The highest BCUT2D eigenvalue weighted by Gasteiger charge is 2.06. The average Bonchev–Trinajstić information content (AvgIpc) is 3.03. The van der Waals surface area contributed by atoms with Gasteiger partial charge in [0.1, 0.15) is 5.76 Å². The van der Waals surface area contributed by atoms with Gasteiger partial charge in [0.25, 0.3) is 0 Å². The summed E-state index contributed by atoms with van der Waals surface area (Å²) in [7, 11) is 0. The third kappa shape index (κ3) is 5.74. The second kappa shape index (κ2) is 8.16. The maximum absolute atomic E-state index is 11.6. The number of rotatable bonds is 7. The molecular weight excluding hydrogens is 288 g/mol. The van der Waals surface area contributed by atoms with Crippen LogP contribution >= 0.6 is 11.8 Å². The molecule has 2 amide bonds. The van der Waals surface area contributed by atoms with Gasteiger partial charge in [-0.25, -0.2) is 0 Å². The van der Waals surface area contributed by atoms with Crippen LogP contribution in [-0.2, 0) is 16.1 Å². The predicted octanol–water partition coefficient (Wildman–Crippen LogP) is 1.80. The Labute approximate surface area is 127 Å². The number of benzene rings is 1. The number of thioether (sulfide) groups is 1. The molecule has 0 radical (unpaired) electrons. The molecule has 0 aliphatic rings. The van der Waals surface area contributed by atoms with Crippen LogP contribution in [0.3, 0.4) is 0 Å². The van der Waals surface area contributed by atoms with E-state index in [0.29, 0.717) is 12.3 Å². The molecule has 0 aliphatic carbocycles. The fraction of sp³-hybridized carbons (Fsp3) is 0.200. The minimum atomic E-state index is -0.246. The van der Waals surface area contributed by atoms with Crippen LogP contribution in [0.5, 0.6) is 0 Å². The molecule has 0 aliphatic heterocycles. The zero-order valence-corrected chi connectivity index (χ0v) is 12.2. The van der Waals surface area contributed by atoms with Crippen LogP contribution in [0.1, 0.15) is 5.76 Å². The first kappa shape index (κ1) is 15.2. The highest BCUT2D eigenvalue weighted by atomic mass is 32.2. The molecule has 110 valence electrons. The number of furan rings is 1. The highest BCUT2D eigenvalue weighted by molar-refractivity contribution is 8.00. The van der Waals surface area contributed by atoms with Crippen molar-refractivity contribution in [2.24, 2.45) is 0 Å². The zero-order valence-electron chi connectivity index (χ0n) is 11.4. The molecule has 2 aromatic rings. The molecule has 0 saturated heterocycles. The second-order valence-electron chi connectivity index (χ2n) is 4.23. The van der Waals surface area contributed by atoms with E-state index in [0.717, 1.165) is 4.90 Å². The van der Waals surface area contributed by atoms with E-state index in [-0.39, 0.29) is 24.1 Å². The number of amides is 2. The van der Waals surface area contributed by atoms with Crippen molar-refractivity contribution in [3.8, 4) is 0 Å². The van der Waals surface area contributed by atoms with Crippen molar-refractivity contribution < 1.29 is 14.0 Å². The monoisotopic (exact) mass is 304 g/mol. The molecule has 5 nitrogen and oxygen atoms in total. The van der Waals surface area contributed by atoms with E-state index >= 15 is 0 Å². The maximum Gasteiger partial charge on any atom is 0.239 e. The fourth-order valence-corrected chi connectivity index (χ4v) is 2.31. The molecule has 2 rings (SSSR count). The molecule has 0 saturated carbocycles. The van der Waals surface area contributed by atoms with Crippen LogP contribution in [0, 0.1) is 0 Å². The van der Waals surface area contributed by atoms with Crippen LogP contribution in [0.2, 0.25) is 0 Å². The van der Waals surface area contributed by atoms with E-state index in [9.17, 15) is 9.59 Å². The van der Waals surface area contributed by atoms with Gasteiger partial charge >= 0.3 is 0 Å². The lowest BCUT2D eigenvalue weighted by Gasteiger charge is -2.06. The van der Waals surface area contributed by atoms with Gasteiger partial charge in [0, 0.05) is 4.90 Å². The molecule has 0 unspecified atom stereocenters. The quantitative estimate of drug-likeness (QED) is 0.765. The van der Waals surface area contributed by atoms with Crippen LogP contribution in [0.15, 0.2) is 58.0 Å². The predicted molar refractivity (Wildman–Crippen MR) is 80.7 cm³/mol. The number of hydrogen-bond acceptors (Lipinski definition) is 4. The van der Waals surface area contributed by atoms with Gasteiger partial charge in [0.2, 0.25) is 11.8 Å².